The molecule has 2 N–H and O–H groups in total. The SMILES string of the molecule is CCC(CC)N(CCOC)Cc1cc(N)ccc1Cl. The molecule has 108 valence electrons. The van der Waals surface area contributed by atoms with Gasteiger partial charge in [-0.2, -0.15) is 0 Å². The molecule has 0 fully saturated rings. The molecule has 0 spiro atoms. The van der Waals surface area contributed by atoms with Crippen molar-refractivity contribution in [2.24, 2.45) is 0 Å². The quantitative estimate of drug-likeness (QED) is 0.742. The maximum Gasteiger partial charge on any atom is 0.0589 e. The monoisotopic (exact) mass is 284 g/mol. The lowest BCUT2D eigenvalue weighted by Crippen LogP contribution is -2.36. The first-order valence-corrected chi connectivity index (χ1v) is 7.27. The Balaban J connectivity index is 2.83. The summed E-state index contributed by atoms with van der Waals surface area (Å²) in [5, 5.41) is 0.780. The van der Waals surface area contributed by atoms with Crippen LogP contribution in [0.5, 0.6) is 0 Å². The molecular weight excluding hydrogens is 260 g/mol. The van der Waals surface area contributed by atoms with Crippen molar-refractivity contribution in [2.75, 3.05) is 26.0 Å². The van der Waals surface area contributed by atoms with Crippen LogP contribution in [-0.4, -0.2) is 31.2 Å². The van der Waals surface area contributed by atoms with Gasteiger partial charge in [-0.25, -0.2) is 0 Å². The molecule has 0 amide bonds. The summed E-state index contributed by atoms with van der Waals surface area (Å²) in [7, 11) is 1.73. The van der Waals surface area contributed by atoms with Crippen LogP contribution < -0.4 is 5.73 Å². The average molecular weight is 285 g/mol. The van der Waals surface area contributed by atoms with Gasteiger partial charge in [0.2, 0.25) is 0 Å². The Labute approximate surface area is 121 Å². The fourth-order valence-corrected chi connectivity index (χ4v) is 2.52. The molecule has 0 aliphatic rings. The van der Waals surface area contributed by atoms with Gasteiger partial charge >= 0.3 is 0 Å². The molecule has 3 nitrogen and oxygen atoms in total. The molecule has 0 aliphatic carbocycles. The van der Waals surface area contributed by atoms with E-state index in [2.05, 4.69) is 18.7 Å². The number of anilines is 1. The van der Waals surface area contributed by atoms with Gasteiger partial charge in [-0.1, -0.05) is 25.4 Å². The summed E-state index contributed by atoms with van der Waals surface area (Å²) < 4.78 is 5.20. The van der Waals surface area contributed by atoms with Gasteiger partial charge in [-0.15, -0.1) is 0 Å². The minimum atomic E-state index is 0.549. The van der Waals surface area contributed by atoms with Gasteiger partial charge in [-0.3, -0.25) is 4.90 Å². The highest BCUT2D eigenvalue weighted by molar-refractivity contribution is 6.31. The van der Waals surface area contributed by atoms with Gasteiger partial charge in [0.05, 0.1) is 6.61 Å². The molecule has 0 saturated heterocycles. The third kappa shape index (κ3) is 5.01. The second-order valence-electron chi connectivity index (χ2n) is 4.78. The largest absolute Gasteiger partial charge is 0.399 e. The second-order valence-corrected chi connectivity index (χ2v) is 5.19. The van der Waals surface area contributed by atoms with Crippen LogP contribution in [0.25, 0.3) is 0 Å². The number of nitrogens with two attached hydrogens (primary N) is 1. The van der Waals surface area contributed by atoms with Crippen LogP contribution in [0.15, 0.2) is 18.2 Å². The van der Waals surface area contributed by atoms with Crippen molar-refractivity contribution in [3.63, 3.8) is 0 Å². The highest BCUT2D eigenvalue weighted by Crippen LogP contribution is 2.22. The van der Waals surface area contributed by atoms with Crippen molar-refractivity contribution in [3.05, 3.63) is 28.8 Å². The summed E-state index contributed by atoms with van der Waals surface area (Å²) in [6, 6.07) is 6.22. The summed E-state index contributed by atoms with van der Waals surface area (Å²) >= 11 is 6.25. The number of ether oxygens (including phenoxy) is 1. The Morgan fingerprint density at radius 2 is 2.00 bits per heavy atom. The highest BCUT2D eigenvalue weighted by atomic mass is 35.5. The maximum atomic E-state index is 6.25. The molecule has 4 heteroatoms. The summed E-state index contributed by atoms with van der Waals surface area (Å²) in [6.45, 7) is 6.90. The van der Waals surface area contributed by atoms with Crippen molar-refractivity contribution in [1.82, 2.24) is 4.90 Å². The van der Waals surface area contributed by atoms with Gasteiger partial charge in [0.15, 0.2) is 0 Å². The van der Waals surface area contributed by atoms with Crippen LogP contribution in [0.4, 0.5) is 5.69 Å². The van der Waals surface area contributed by atoms with E-state index in [4.69, 9.17) is 22.1 Å². The number of benzene rings is 1. The summed E-state index contributed by atoms with van der Waals surface area (Å²) in [5.41, 5.74) is 7.69. The Kier molecular flexibility index (Phi) is 7.21. The molecular formula is C15H25ClN2O. The number of hydrogen-bond donors (Lipinski definition) is 1. The molecule has 0 bridgehead atoms. The van der Waals surface area contributed by atoms with Gasteiger partial charge < -0.3 is 10.5 Å². The lowest BCUT2D eigenvalue weighted by Gasteiger charge is -2.30. The zero-order chi connectivity index (χ0) is 14.3. The third-order valence-electron chi connectivity index (χ3n) is 3.48. The normalized spacial score (nSPS) is 11.5. The number of methoxy groups -OCH3 is 1. The van der Waals surface area contributed by atoms with Gasteiger partial charge in [0.25, 0.3) is 0 Å². The van der Waals surface area contributed by atoms with E-state index in [0.29, 0.717) is 6.04 Å². The van der Waals surface area contributed by atoms with Crippen molar-refractivity contribution in [2.45, 2.75) is 39.3 Å². The molecule has 0 atom stereocenters. The van der Waals surface area contributed by atoms with Crippen molar-refractivity contribution in [3.8, 4) is 0 Å². The van der Waals surface area contributed by atoms with Crippen LogP contribution >= 0.6 is 11.6 Å². The first kappa shape index (κ1) is 16.3. The van der Waals surface area contributed by atoms with Gasteiger partial charge in [0.1, 0.15) is 0 Å². The van der Waals surface area contributed by atoms with E-state index in [9.17, 15) is 0 Å². The van der Waals surface area contributed by atoms with E-state index < -0.39 is 0 Å². The summed E-state index contributed by atoms with van der Waals surface area (Å²) in [4.78, 5) is 2.42. The van der Waals surface area contributed by atoms with Crippen molar-refractivity contribution in [1.29, 1.82) is 0 Å². The van der Waals surface area contributed by atoms with E-state index in [-0.39, 0.29) is 0 Å². The van der Waals surface area contributed by atoms with E-state index in [1.54, 1.807) is 7.11 Å². The molecule has 0 radical (unpaired) electrons. The fraction of sp³-hybridized carbons (Fsp3) is 0.600. The van der Waals surface area contributed by atoms with Crippen LogP contribution in [0, 0.1) is 0 Å². The minimum Gasteiger partial charge on any atom is -0.399 e. The Hall–Kier alpha value is -0.770. The number of rotatable bonds is 8. The Morgan fingerprint density at radius 1 is 1.32 bits per heavy atom. The fourth-order valence-electron chi connectivity index (χ4n) is 2.34. The topological polar surface area (TPSA) is 38.5 Å². The number of nitrogens with zero attached hydrogens (tertiary/aromatic N) is 1. The zero-order valence-electron chi connectivity index (χ0n) is 12.2. The average Bonchev–Trinajstić information content (AvgIpc) is 2.41. The molecule has 1 aromatic rings. The highest BCUT2D eigenvalue weighted by Gasteiger charge is 2.16. The predicted molar refractivity (Wildman–Crippen MR) is 82.5 cm³/mol. The van der Waals surface area contributed by atoms with Crippen LogP contribution in [-0.2, 0) is 11.3 Å². The van der Waals surface area contributed by atoms with Crippen LogP contribution in [0.2, 0.25) is 5.02 Å². The lowest BCUT2D eigenvalue weighted by atomic mass is 10.1. The Bertz CT molecular complexity index is 380. The number of nitrogen functional groups attached to an aromatic ring is 1. The molecule has 1 aromatic carbocycles. The molecule has 0 unspecified atom stereocenters. The third-order valence-corrected chi connectivity index (χ3v) is 3.85. The molecule has 1 rings (SSSR count). The van der Waals surface area contributed by atoms with E-state index in [1.807, 2.05) is 18.2 Å². The molecule has 0 saturated carbocycles. The first-order chi connectivity index (χ1) is 9.12. The van der Waals surface area contributed by atoms with Crippen molar-refractivity contribution < 1.29 is 4.74 Å². The number of halogens is 1. The van der Waals surface area contributed by atoms with E-state index in [1.165, 1.54) is 0 Å². The van der Waals surface area contributed by atoms with E-state index in [0.717, 1.165) is 48.8 Å². The molecule has 0 aromatic heterocycles. The van der Waals surface area contributed by atoms with Crippen molar-refractivity contribution >= 4 is 17.3 Å². The van der Waals surface area contributed by atoms with E-state index >= 15 is 0 Å². The molecule has 0 heterocycles. The predicted octanol–water partition coefficient (Wildman–Crippen LogP) is 3.56. The minimum absolute atomic E-state index is 0.549. The summed E-state index contributed by atoms with van der Waals surface area (Å²) in [6.07, 6.45) is 2.25. The second kappa shape index (κ2) is 8.41. The Morgan fingerprint density at radius 3 is 2.58 bits per heavy atom. The summed E-state index contributed by atoms with van der Waals surface area (Å²) in [5.74, 6) is 0. The lowest BCUT2D eigenvalue weighted by molar-refractivity contribution is 0.110. The zero-order valence-corrected chi connectivity index (χ0v) is 12.9. The van der Waals surface area contributed by atoms with Gasteiger partial charge in [-0.05, 0) is 36.6 Å². The standard InChI is InChI=1S/C15H25ClN2O/c1-4-14(5-2)18(8-9-19-3)11-12-10-13(17)6-7-15(12)16/h6-7,10,14H,4-5,8-9,11,17H2,1-3H3. The maximum absolute atomic E-state index is 6.25. The molecule has 0 aliphatic heterocycles. The first-order valence-electron chi connectivity index (χ1n) is 6.89. The smallest absolute Gasteiger partial charge is 0.0589 e. The van der Waals surface area contributed by atoms with Crippen LogP contribution in [0.1, 0.15) is 32.3 Å². The number of hydrogen-bond acceptors (Lipinski definition) is 3. The van der Waals surface area contributed by atoms with Gasteiger partial charge in [0, 0.05) is 37.0 Å². The molecule has 19 heavy (non-hydrogen) atoms. The van der Waals surface area contributed by atoms with Crippen LogP contribution in [0.3, 0.4) is 0 Å².